The molecule has 3 aromatic rings. The fourth-order valence-corrected chi connectivity index (χ4v) is 2.74. The van der Waals surface area contributed by atoms with Crippen LogP contribution in [0.1, 0.15) is 17.3 Å². The molecule has 0 spiro atoms. The van der Waals surface area contributed by atoms with Gasteiger partial charge >= 0.3 is 0 Å². The molecule has 2 aromatic carbocycles. The molecular weight excluding hydrogens is 358 g/mol. The molecule has 7 nitrogen and oxygen atoms in total. The van der Waals surface area contributed by atoms with Gasteiger partial charge in [-0.15, -0.1) is 0 Å². The number of carbonyl (C=O) groups is 1. The van der Waals surface area contributed by atoms with Gasteiger partial charge in [-0.25, -0.2) is 4.98 Å². The van der Waals surface area contributed by atoms with Gasteiger partial charge < -0.3 is 24.8 Å². The third-order valence-electron chi connectivity index (χ3n) is 4.09. The lowest BCUT2D eigenvalue weighted by Crippen LogP contribution is -2.12. The zero-order valence-electron chi connectivity index (χ0n) is 15.3. The minimum Gasteiger partial charge on any atom is -0.494 e. The first-order chi connectivity index (χ1) is 13.7. The maximum absolute atomic E-state index is 12.4. The Morgan fingerprint density at radius 1 is 1.04 bits per heavy atom. The highest BCUT2D eigenvalue weighted by atomic mass is 16.7. The molecule has 142 valence electrons. The Labute approximate surface area is 162 Å². The number of ether oxygens (including phenoxy) is 3. The number of nitrogens with zero attached hydrogens (tertiary/aromatic N) is 1. The number of carbonyl (C=O) groups excluding carboxylic acids is 1. The van der Waals surface area contributed by atoms with Gasteiger partial charge in [0, 0.05) is 11.3 Å². The number of anilines is 3. The van der Waals surface area contributed by atoms with Crippen LogP contribution in [0.3, 0.4) is 0 Å². The van der Waals surface area contributed by atoms with E-state index in [1.165, 1.54) is 0 Å². The summed E-state index contributed by atoms with van der Waals surface area (Å²) < 4.78 is 16.0. The van der Waals surface area contributed by atoms with Crippen LogP contribution in [0.25, 0.3) is 0 Å². The molecule has 0 radical (unpaired) electrons. The normalized spacial score (nSPS) is 11.8. The lowest BCUT2D eigenvalue weighted by molar-refractivity contribution is 0.102. The van der Waals surface area contributed by atoms with Gasteiger partial charge in [0.15, 0.2) is 11.5 Å². The molecule has 0 bridgehead atoms. The molecule has 4 rings (SSSR count). The van der Waals surface area contributed by atoms with Crippen molar-refractivity contribution in [3.8, 4) is 17.2 Å². The first-order valence-electron chi connectivity index (χ1n) is 8.88. The van der Waals surface area contributed by atoms with Gasteiger partial charge in [-0.2, -0.15) is 0 Å². The molecule has 1 aliphatic heterocycles. The van der Waals surface area contributed by atoms with E-state index in [1.807, 2.05) is 37.3 Å². The molecule has 0 unspecified atom stereocenters. The van der Waals surface area contributed by atoms with Crippen LogP contribution in [0.15, 0.2) is 60.8 Å². The van der Waals surface area contributed by atoms with Crippen molar-refractivity contribution in [2.75, 3.05) is 24.0 Å². The third kappa shape index (κ3) is 3.98. The molecule has 0 fully saturated rings. The van der Waals surface area contributed by atoms with E-state index < -0.39 is 0 Å². The molecule has 1 amide bonds. The van der Waals surface area contributed by atoms with E-state index in [2.05, 4.69) is 15.6 Å². The quantitative estimate of drug-likeness (QED) is 0.670. The van der Waals surface area contributed by atoms with Gasteiger partial charge in [0.05, 0.1) is 18.5 Å². The second-order valence-corrected chi connectivity index (χ2v) is 6.04. The summed E-state index contributed by atoms with van der Waals surface area (Å²) in [5, 5.41) is 6.02. The topological polar surface area (TPSA) is 81.7 Å². The molecule has 2 heterocycles. The zero-order valence-corrected chi connectivity index (χ0v) is 15.3. The van der Waals surface area contributed by atoms with E-state index in [0.29, 0.717) is 29.5 Å². The van der Waals surface area contributed by atoms with Gasteiger partial charge in [0.25, 0.3) is 5.91 Å². The molecule has 2 N–H and O–H groups in total. The Morgan fingerprint density at radius 3 is 2.57 bits per heavy atom. The lowest BCUT2D eigenvalue weighted by Gasteiger charge is -2.09. The second-order valence-electron chi connectivity index (χ2n) is 6.04. The van der Waals surface area contributed by atoms with Gasteiger partial charge in [-0.1, -0.05) is 0 Å². The van der Waals surface area contributed by atoms with Crippen molar-refractivity contribution >= 4 is 23.1 Å². The zero-order chi connectivity index (χ0) is 19.3. The predicted octanol–water partition coefficient (Wildman–Crippen LogP) is 4.20. The van der Waals surface area contributed by atoms with E-state index in [0.717, 1.165) is 17.1 Å². The largest absolute Gasteiger partial charge is 0.494 e. The van der Waals surface area contributed by atoms with Crippen molar-refractivity contribution in [1.29, 1.82) is 0 Å². The molecule has 0 saturated heterocycles. The summed E-state index contributed by atoms with van der Waals surface area (Å²) in [6, 6.07) is 16.3. The van der Waals surface area contributed by atoms with Gasteiger partial charge in [-0.3, -0.25) is 4.79 Å². The van der Waals surface area contributed by atoms with Crippen LogP contribution < -0.4 is 24.8 Å². The summed E-state index contributed by atoms with van der Waals surface area (Å²) in [6.07, 6.45) is 1.66. The first-order valence-corrected chi connectivity index (χ1v) is 8.88. The molecule has 1 aliphatic rings. The average molecular weight is 377 g/mol. The van der Waals surface area contributed by atoms with E-state index in [9.17, 15) is 4.79 Å². The lowest BCUT2D eigenvalue weighted by atomic mass is 10.2. The summed E-state index contributed by atoms with van der Waals surface area (Å²) in [5.74, 6) is 2.22. The second kappa shape index (κ2) is 7.87. The van der Waals surface area contributed by atoms with E-state index in [4.69, 9.17) is 14.2 Å². The Bertz CT molecular complexity index is 972. The number of amides is 1. The number of hydrogen-bond donors (Lipinski definition) is 2. The van der Waals surface area contributed by atoms with Crippen molar-refractivity contribution < 1.29 is 19.0 Å². The number of rotatable bonds is 6. The third-order valence-corrected chi connectivity index (χ3v) is 4.09. The van der Waals surface area contributed by atoms with Crippen molar-refractivity contribution in [3.05, 3.63) is 66.4 Å². The van der Waals surface area contributed by atoms with Crippen LogP contribution in [0.2, 0.25) is 0 Å². The Balaban J connectivity index is 1.38. The highest BCUT2D eigenvalue weighted by Gasteiger charge is 2.16. The van der Waals surface area contributed by atoms with Crippen molar-refractivity contribution in [2.24, 2.45) is 0 Å². The highest BCUT2D eigenvalue weighted by Crippen LogP contribution is 2.32. The number of aromatic nitrogens is 1. The van der Waals surface area contributed by atoms with Gasteiger partial charge in [0.1, 0.15) is 11.6 Å². The van der Waals surface area contributed by atoms with Crippen LogP contribution in [-0.2, 0) is 0 Å². The minimum absolute atomic E-state index is 0.171. The SMILES string of the molecule is CCOc1ccc(Nc2ccc(NC(=O)c3ccc4c(c3)OCO4)nc2)cc1. The Morgan fingerprint density at radius 2 is 1.82 bits per heavy atom. The molecule has 1 aromatic heterocycles. The molecule has 7 heteroatoms. The first kappa shape index (κ1) is 17.7. The monoisotopic (exact) mass is 377 g/mol. The number of hydrogen-bond acceptors (Lipinski definition) is 6. The summed E-state index contributed by atoms with van der Waals surface area (Å²) >= 11 is 0. The molecular formula is C21H19N3O4. The van der Waals surface area contributed by atoms with E-state index in [1.54, 1.807) is 30.5 Å². The fraction of sp³-hybridized carbons (Fsp3) is 0.143. The van der Waals surface area contributed by atoms with Gasteiger partial charge in [0.2, 0.25) is 6.79 Å². The van der Waals surface area contributed by atoms with Gasteiger partial charge in [-0.05, 0) is 61.5 Å². The van der Waals surface area contributed by atoms with Crippen molar-refractivity contribution in [2.45, 2.75) is 6.92 Å². The Hall–Kier alpha value is -3.74. The van der Waals surface area contributed by atoms with Crippen LogP contribution in [-0.4, -0.2) is 24.3 Å². The van der Waals surface area contributed by atoms with E-state index in [-0.39, 0.29) is 12.7 Å². The Kier molecular flexibility index (Phi) is 4.97. The summed E-state index contributed by atoms with van der Waals surface area (Å²) in [4.78, 5) is 16.7. The number of nitrogens with one attached hydrogen (secondary N) is 2. The minimum atomic E-state index is -0.266. The molecule has 0 atom stereocenters. The van der Waals surface area contributed by atoms with Crippen molar-refractivity contribution in [1.82, 2.24) is 4.98 Å². The van der Waals surface area contributed by atoms with Crippen molar-refractivity contribution in [3.63, 3.8) is 0 Å². The summed E-state index contributed by atoms with van der Waals surface area (Å²) in [5.41, 5.74) is 2.20. The smallest absolute Gasteiger partial charge is 0.256 e. The predicted molar refractivity (Wildman–Crippen MR) is 106 cm³/mol. The van der Waals surface area contributed by atoms with E-state index >= 15 is 0 Å². The standard InChI is InChI=1S/C21H19N3O4/c1-2-26-17-7-4-15(5-8-17)23-16-6-10-20(22-12-16)24-21(25)14-3-9-18-19(11-14)28-13-27-18/h3-12,23H,2,13H2,1H3,(H,22,24,25). The molecule has 0 aliphatic carbocycles. The summed E-state index contributed by atoms with van der Waals surface area (Å²) in [7, 11) is 0. The average Bonchev–Trinajstić information content (AvgIpc) is 3.19. The number of pyridine rings is 1. The maximum atomic E-state index is 12.4. The highest BCUT2D eigenvalue weighted by molar-refractivity contribution is 6.04. The van der Waals surface area contributed by atoms with Crippen LogP contribution in [0, 0.1) is 0 Å². The maximum Gasteiger partial charge on any atom is 0.256 e. The molecule has 0 saturated carbocycles. The summed E-state index contributed by atoms with van der Waals surface area (Å²) in [6.45, 7) is 2.76. The number of fused-ring (bicyclic) bond motifs is 1. The number of benzene rings is 2. The van der Waals surface area contributed by atoms with Crippen LogP contribution >= 0.6 is 0 Å². The van der Waals surface area contributed by atoms with Crippen LogP contribution in [0.4, 0.5) is 17.2 Å². The molecule has 28 heavy (non-hydrogen) atoms. The fourth-order valence-electron chi connectivity index (χ4n) is 2.74. The van der Waals surface area contributed by atoms with Crippen LogP contribution in [0.5, 0.6) is 17.2 Å².